The van der Waals surface area contributed by atoms with Crippen molar-refractivity contribution in [3.63, 3.8) is 0 Å². The van der Waals surface area contributed by atoms with Crippen molar-refractivity contribution >= 4 is 29.1 Å². The predicted octanol–water partition coefficient (Wildman–Crippen LogP) is 4.22. The number of carbonyl (C=O) groups is 2. The zero-order chi connectivity index (χ0) is 21.4. The van der Waals surface area contributed by atoms with Crippen LogP contribution in [-0.2, 0) is 9.59 Å². The van der Waals surface area contributed by atoms with Crippen LogP contribution in [0.25, 0.3) is 0 Å². The van der Waals surface area contributed by atoms with E-state index < -0.39 is 0 Å². The molecular weight excluding hydrogens is 392 g/mol. The maximum absolute atomic E-state index is 12.2. The van der Waals surface area contributed by atoms with E-state index in [2.05, 4.69) is 5.32 Å². The maximum atomic E-state index is 12.2. The zero-order valence-corrected chi connectivity index (χ0v) is 18.0. The number of amides is 2. The normalized spacial score (nSPS) is 10.4. The Bertz CT molecular complexity index is 846. The number of halogens is 1. The average molecular weight is 419 g/mol. The van der Waals surface area contributed by atoms with Gasteiger partial charge in [-0.05, 0) is 57.0 Å². The Labute approximate surface area is 176 Å². The third-order valence-corrected chi connectivity index (χ3v) is 4.73. The van der Waals surface area contributed by atoms with E-state index in [1.54, 1.807) is 23.1 Å². The van der Waals surface area contributed by atoms with Gasteiger partial charge in [-0.25, -0.2) is 0 Å². The van der Waals surface area contributed by atoms with Gasteiger partial charge in [0.25, 0.3) is 11.8 Å². The second-order valence-electron chi connectivity index (χ2n) is 6.56. The van der Waals surface area contributed by atoms with Crippen LogP contribution in [-0.4, -0.2) is 43.0 Å². The Kier molecular flexibility index (Phi) is 8.34. The van der Waals surface area contributed by atoms with E-state index in [0.29, 0.717) is 35.3 Å². The van der Waals surface area contributed by atoms with Crippen molar-refractivity contribution in [1.29, 1.82) is 0 Å². The molecule has 29 heavy (non-hydrogen) atoms. The van der Waals surface area contributed by atoms with Gasteiger partial charge < -0.3 is 19.7 Å². The average Bonchev–Trinajstić information content (AvgIpc) is 2.68. The fraction of sp³-hybridized carbons (Fsp3) is 0.364. The number of benzene rings is 2. The van der Waals surface area contributed by atoms with Gasteiger partial charge >= 0.3 is 0 Å². The molecule has 0 aliphatic carbocycles. The van der Waals surface area contributed by atoms with E-state index in [1.807, 2.05) is 45.9 Å². The molecule has 6 nitrogen and oxygen atoms in total. The lowest BCUT2D eigenvalue weighted by atomic mass is 10.1. The van der Waals surface area contributed by atoms with Gasteiger partial charge in [0.2, 0.25) is 0 Å². The molecule has 0 fully saturated rings. The first-order valence-electron chi connectivity index (χ1n) is 9.54. The minimum atomic E-state index is -0.297. The molecule has 0 aliphatic rings. The van der Waals surface area contributed by atoms with Crippen LogP contribution in [0.5, 0.6) is 11.5 Å². The molecule has 0 bridgehead atoms. The molecule has 0 atom stereocenters. The van der Waals surface area contributed by atoms with Crippen LogP contribution < -0.4 is 14.8 Å². The number of anilines is 1. The number of carbonyl (C=O) groups excluding carboxylic acids is 2. The fourth-order valence-corrected chi connectivity index (χ4v) is 3.10. The first-order valence-corrected chi connectivity index (χ1v) is 9.92. The molecule has 0 aromatic heterocycles. The highest BCUT2D eigenvalue weighted by Gasteiger charge is 2.13. The van der Waals surface area contributed by atoms with Gasteiger partial charge in [0, 0.05) is 18.8 Å². The topological polar surface area (TPSA) is 67.9 Å². The Morgan fingerprint density at radius 2 is 1.66 bits per heavy atom. The minimum Gasteiger partial charge on any atom is -0.483 e. The van der Waals surface area contributed by atoms with Crippen molar-refractivity contribution in [2.24, 2.45) is 0 Å². The number of rotatable bonds is 9. The number of para-hydroxylation sites is 1. The van der Waals surface area contributed by atoms with Crippen LogP contribution in [0.15, 0.2) is 36.4 Å². The van der Waals surface area contributed by atoms with Gasteiger partial charge in [0.1, 0.15) is 11.5 Å². The van der Waals surface area contributed by atoms with Crippen molar-refractivity contribution in [2.45, 2.75) is 27.7 Å². The van der Waals surface area contributed by atoms with Gasteiger partial charge in [-0.3, -0.25) is 9.59 Å². The van der Waals surface area contributed by atoms with E-state index in [1.165, 1.54) is 0 Å². The molecule has 2 amide bonds. The van der Waals surface area contributed by atoms with E-state index in [9.17, 15) is 9.59 Å². The Morgan fingerprint density at radius 3 is 2.24 bits per heavy atom. The Balaban J connectivity index is 1.91. The molecule has 0 saturated heterocycles. The molecular formula is C22H27ClN2O4. The standard InChI is InChI=1S/C22H27ClN2O4/c1-5-25(6-2)21(27)14-28-19-11-10-17(12-18(19)23)24-20(26)13-29-22-15(3)8-7-9-16(22)4/h7-12H,5-6,13-14H2,1-4H3,(H,24,26). The van der Waals surface area contributed by atoms with Gasteiger partial charge in [-0.2, -0.15) is 0 Å². The summed E-state index contributed by atoms with van der Waals surface area (Å²) in [4.78, 5) is 25.9. The summed E-state index contributed by atoms with van der Waals surface area (Å²) < 4.78 is 11.2. The molecule has 1 N–H and O–H groups in total. The van der Waals surface area contributed by atoms with Gasteiger partial charge in [-0.1, -0.05) is 29.8 Å². The monoisotopic (exact) mass is 418 g/mol. The molecule has 0 heterocycles. The zero-order valence-electron chi connectivity index (χ0n) is 17.3. The number of likely N-dealkylation sites (N-methyl/N-ethyl adjacent to an activating group) is 1. The van der Waals surface area contributed by atoms with Crippen LogP contribution in [0.2, 0.25) is 5.02 Å². The maximum Gasteiger partial charge on any atom is 0.262 e. The lowest BCUT2D eigenvalue weighted by molar-refractivity contribution is -0.133. The third-order valence-electron chi connectivity index (χ3n) is 4.44. The van der Waals surface area contributed by atoms with E-state index in [-0.39, 0.29) is 25.0 Å². The quantitative estimate of drug-likeness (QED) is 0.662. The SMILES string of the molecule is CCN(CC)C(=O)COc1ccc(NC(=O)COc2c(C)cccc2C)cc1Cl. The van der Waals surface area contributed by atoms with Crippen LogP contribution in [0, 0.1) is 13.8 Å². The van der Waals surface area contributed by atoms with Crippen molar-refractivity contribution in [3.8, 4) is 11.5 Å². The summed E-state index contributed by atoms with van der Waals surface area (Å²) in [5.74, 6) is 0.695. The van der Waals surface area contributed by atoms with E-state index in [4.69, 9.17) is 21.1 Å². The number of hydrogen-bond donors (Lipinski definition) is 1. The molecule has 0 saturated carbocycles. The smallest absolute Gasteiger partial charge is 0.262 e. The van der Waals surface area contributed by atoms with Gasteiger partial charge in [0.05, 0.1) is 5.02 Å². The fourth-order valence-electron chi connectivity index (χ4n) is 2.86. The number of ether oxygens (including phenoxy) is 2. The summed E-state index contributed by atoms with van der Waals surface area (Å²) in [6.45, 7) is 8.75. The van der Waals surface area contributed by atoms with Crippen LogP contribution in [0.3, 0.4) is 0 Å². The Hall–Kier alpha value is -2.73. The lowest BCUT2D eigenvalue weighted by Gasteiger charge is -2.19. The molecule has 0 unspecified atom stereocenters. The minimum absolute atomic E-state index is 0.0866. The van der Waals surface area contributed by atoms with Crippen LogP contribution in [0.1, 0.15) is 25.0 Å². The third kappa shape index (κ3) is 6.39. The van der Waals surface area contributed by atoms with Gasteiger partial charge in [-0.15, -0.1) is 0 Å². The molecule has 0 aliphatic heterocycles. The molecule has 2 aromatic carbocycles. The predicted molar refractivity (Wildman–Crippen MR) is 115 cm³/mol. The van der Waals surface area contributed by atoms with E-state index in [0.717, 1.165) is 11.1 Å². The summed E-state index contributed by atoms with van der Waals surface area (Å²) in [7, 11) is 0. The van der Waals surface area contributed by atoms with Crippen molar-refractivity contribution in [1.82, 2.24) is 4.90 Å². The summed E-state index contributed by atoms with van der Waals surface area (Å²) >= 11 is 6.23. The summed E-state index contributed by atoms with van der Waals surface area (Å²) in [6, 6.07) is 10.7. The summed E-state index contributed by atoms with van der Waals surface area (Å²) in [5, 5.41) is 3.05. The second kappa shape index (κ2) is 10.7. The van der Waals surface area contributed by atoms with Crippen molar-refractivity contribution in [3.05, 3.63) is 52.5 Å². The molecule has 156 valence electrons. The molecule has 0 spiro atoms. The highest BCUT2D eigenvalue weighted by atomic mass is 35.5. The highest BCUT2D eigenvalue weighted by Crippen LogP contribution is 2.28. The number of hydrogen-bond acceptors (Lipinski definition) is 4. The summed E-state index contributed by atoms with van der Waals surface area (Å²) in [5.41, 5.74) is 2.47. The largest absolute Gasteiger partial charge is 0.483 e. The van der Waals surface area contributed by atoms with Gasteiger partial charge in [0.15, 0.2) is 13.2 Å². The lowest BCUT2D eigenvalue weighted by Crippen LogP contribution is -2.34. The van der Waals surface area contributed by atoms with Crippen molar-refractivity contribution in [2.75, 3.05) is 31.6 Å². The molecule has 2 aromatic rings. The number of nitrogens with zero attached hydrogens (tertiary/aromatic N) is 1. The Morgan fingerprint density at radius 1 is 1.00 bits per heavy atom. The number of aryl methyl sites for hydroxylation is 2. The highest BCUT2D eigenvalue weighted by molar-refractivity contribution is 6.32. The summed E-state index contributed by atoms with van der Waals surface area (Å²) in [6.07, 6.45) is 0. The van der Waals surface area contributed by atoms with Crippen LogP contribution >= 0.6 is 11.6 Å². The molecule has 7 heteroatoms. The second-order valence-corrected chi connectivity index (χ2v) is 6.96. The number of nitrogens with one attached hydrogen (secondary N) is 1. The van der Waals surface area contributed by atoms with E-state index >= 15 is 0 Å². The molecule has 0 radical (unpaired) electrons. The first kappa shape index (κ1) is 22.6. The van der Waals surface area contributed by atoms with Crippen molar-refractivity contribution < 1.29 is 19.1 Å². The van der Waals surface area contributed by atoms with Crippen LogP contribution in [0.4, 0.5) is 5.69 Å². The first-order chi connectivity index (χ1) is 13.8. The molecule has 2 rings (SSSR count).